The minimum atomic E-state index is -0.314. The molecule has 2 amide bonds. The standard InChI is InChI=1S/C20H16N2O3/c1-14(16-4-8-18(9-5-16)25-13-21)12-15-2-6-17(7-3-15)22-19(23)10-11-20(22)24/h2-11,14H,12H2,1H3. The summed E-state index contributed by atoms with van der Waals surface area (Å²) in [6, 6.07) is 14.9. The number of nitrogens with zero attached hydrogens (tertiary/aromatic N) is 2. The maximum atomic E-state index is 11.7. The molecule has 0 radical (unpaired) electrons. The molecule has 1 aliphatic rings. The van der Waals surface area contributed by atoms with Gasteiger partial charge in [0.15, 0.2) is 0 Å². The van der Waals surface area contributed by atoms with Gasteiger partial charge in [0, 0.05) is 12.2 Å². The molecular weight excluding hydrogens is 316 g/mol. The van der Waals surface area contributed by atoms with Crippen molar-refractivity contribution in [3.8, 4) is 12.0 Å². The van der Waals surface area contributed by atoms with Crippen molar-refractivity contribution in [1.29, 1.82) is 5.26 Å². The summed E-state index contributed by atoms with van der Waals surface area (Å²) in [5.74, 6) is 0.173. The van der Waals surface area contributed by atoms with E-state index in [0.29, 0.717) is 11.4 Å². The molecular formula is C20H16N2O3. The fourth-order valence-corrected chi connectivity index (χ4v) is 2.82. The first-order chi connectivity index (χ1) is 12.1. The van der Waals surface area contributed by atoms with Crippen LogP contribution >= 0.6 is 0 Å². The van der Waals surface area contributed by atoms with Crippen molar-refractivity contribution in [2.45, 2.75) is 19.3 Å². The van der Waals surface area contributed by atoms with E-state index in [9.17, 15) is 9.59 Å². The molecule has 5 nitrogen and oxygen atoms in total. The number of benzene rings is 2. The Kier molecular flexibility index (Phi) is 4.62. The minimum Gasteiger partial charge on any atom is -0.388 e. The summed E-state index contributed by atoms with van der Waals surface area (Å²) in [6.45, 7) is 2.12. The lowest BCUT2D eigenvalue weighted by Gasteiger charge is -2.16. The molecule has 2 aromatic rings. The lowest BCUT2D eigenvalue weighted by Crippen LogP contribution is -2.29. The maximum Gasteiger partial charge on any atom is 0.292 e. The molecule has 5 heteroatoms. The Balaban J connectivity index is 1.68. The largest absolute Gasteiger partial charge is 0.388 e. The first kappa shape index (κ1) is 16.5. The van der Waals surface area contributed by atoms with Crippen LogP contribution in [0.25, 0.3) is 0 Å². The van der Waals surface area contributed by atoms with Gasteiger partial charge in [-0.05, 0) is 47.7 Å². The van der Waals surface area contributed by atoms with Gasteiger partial charge < -0.3 is 4.74 Å². The third-order valence-corrected chi connectivity index (χ3v) is 4.16. The Morgan fingerprint density at radius 1 is 1.00 bits per heavy atom. The molecule has 1 heterocycles. The highest BCUT2D eigenvalue weighted by molar-refractivity contribution is 6.28. The Labute approximate surface area is 145 Å². The van der Waals surface area contributed by atoms with Crippen LogP contribution in [0, 0.1) is 11.5 Å². The Morgan fingerprint density at radius 2 is 1.60 bits per heavy atom. The van der Waals surface area contributed by atoms with Crippen LogP contribution in [0.2, 0.25) is 0 Å². The van der Waals surface area contributed by atoms with E-state index in [1.807, 2.05) is 24.3 Å². The summed E-state index contributed by atoms with van der Waals surface area (Å²) in [6.07, 6.45) is 5.02. The topological polar surface area (TPSA) is 70.4 Å². The number of ether oxygens (including phenoxy) is 1. The summed E-state index contributed by atoms with van der Waals surface area (Å²) in [5.41, 5.74) is 2.83. The van der Waals surface area contributed by atoms with Crippen molar-refractivity contribution in [3.05, 3.63) is 71.8 Å². The van der Waals surface area contributed by atoms with Gasteiger partial charge in [0.1, 0.15) is 5.75 Å². The van der Waals surface area contributed by atoms with E-state index < -0.39 is 0 Å². The van der Waals surface area contributed by atoms with Crippen molar-refractivity contribution >= 4 is 17.5 Å². The molecule has 1 unspecified atom stereocenters. The number of carbonyl (C=O) groups excluding carboxylic acids is 2. The molecule has 0 aromatic heterocycles. The second-order valence-electron chi connectivity index (χ2n) is 5.88. The first-order valence-electron chi connectivity index (χ1n) is 7.89. The van der Waals surface area contributed by atoms with Crippen LogP contribution in [0.5, 0.6) is 5.75 Å². The average Bonchev–Trinajstić information content (AvgIpc) is 2.95. The number of amides is 2. The van der Waals surface area contributed by atoms with Gasteiger partial charge in [0.2, 0.25) is 0 Å². The fraction of sp³-hybridized carbons (Fsp3) is 0.150. The quantitative estimate of drug-likeness (QED) is 0.622. The third kappa shape index (κ3) is 3.59. The number of imide groups is 1. The van der Waals surface area contributed by atoms with Crippen molar-refractivity contribution in [3.63, 3.8) is 0 Å². The molecule has 0 spiro atoms. The first-order valence-corrected chi connectivity index (χ1v) is 7.89. The molecule has 1 aliphatic heterocycles. The normalized spacial score (nSPS) is 14.5. The SMILES string of the molecule is CC(Cc1ccc(N2C(=O)C=CC2=O)cc1)c1ccc(OC#N)cc1. The zero-order valence-corrected chi connectivity index (χ0v) is 13.7. The molecule has 0 saturated carbocycles. The Morgan fingerprint density at radius 3 is 2.16 bits per heavy atom. The second-order valence-corrected chi connectivity index (χ2v) is 5.88. The van der Waals surface area contributed by atoms with Crippen LogP contribution in [0.4, 0.5) is 5.69 Å². The van der Waals surface area contributed by atoms with Crippen molar-refractivity contribution in [2.24, 2.45) is 0 Å². The van der Waals surface area contributed by atoms with Gasteiger partial charge in [0.25, 0.3) is 18.1 Å². The number of hydrogen-bond donors (Lipinski definition) is 0. The second kappa shape index (κ2) is 7.02. The van der Waals surface area contributed by atoms with E-state index in [1.165, 1.54) is 12.2 Å². The fourth-order valence-electron chi connectivity index (χ4n) is 2.82. The van der Waals surface area contributed by atoms with Gasteiger partial charge in [-0.2, -0.15) is 0 Å². The highest BCUT2D eigenvalue weighted by Gasteiger charge is 2.24. The summed E-state index contributed by atoms with van der Waals surface area (Å²) in [4.78, 5) is 24.5. The molecule has 2 aromatic carbocycles. The van der Waals surface area contributed by atoms with Crippen LogP contribution in [0.1, 0.15) is 24.0 Å². The van der Waals surface area contributed by atoms with Crippen LogP contribution in [0.3, 0.4) is 0 Å². The minimum absolute atomic E-state index is 0.277. The van der Waals surface area contributed by atoms with Crippen LogP contribution in [-0.4, -0.2) is 11.8 Å². The highest BCUT2D eigenvalue weighted by atomic mass is 16.5. The van der Waals surface area contributed by atoms with Gasteiger partial charge in [-0.25, -0.2) is 4.90 Å². The molecule has 1 atom stereocenters. The monoisotopic (exact) mass is 332 g/mol. The lowest BCUT2D eigenvalue weighted by molar-refractivity contribution is -0.119. The predicted molar refractivity (Wildman–Crippen MR) is 92.9 cm³/mol. The van der Waals surface area contributed by atoms with Gasteiger partial charge in [0.05, 0.1) is 5.69 Å². The smallest absolute Gasteiger partial charge is 0.292 e. The Hall–Kier alpha value is -3.39. The average molecular weight is 332 g/mol. The summed E-state index contributed by atoms with van der Waals surface area (Å²) in [5, 5.41) is 8.51. The van der Waals surface area contributed by atoms with Crippen LogP contribution in [-0.2, 0) is 16.0 Å². The molecule has 0 fully saturated rings. The van der Waals surface area contributed by atoms with Gasteiger partial charge in [-0.1, -0.05) is 31.2 Å². The molecule has 0 bridgehead atoms. The molecule has 0 aliphatic carbocycles. The van der Waals surface area contributed by atoms with E-state index in [0.717, 1.165) is 22.4 Å². The van der Waals surface area contributed by atoms with E-state index in [-0.39, 0.29) is 17.7 Å². The summed E-state index contributed by atoms with van der Waals surface area (Å²) >= 11 is 0. The number of carbonyl (C=O) groups is 2. The highest BCUT2D eigenvalue weighted by Crippen LogP contribution is 2.25. The van der Waals surface area contributed by atoms with Gasteiger partial charge in [-0.3, -0.25) is 9.59 Å². The van der Waals surface area contributed by atoms with Crippen molar-refractivity contribution in [2.75, 3.05) is 4.90 Å². The van der Waals surface area contributed by atoms with E-state index in [2.05, 4.69) is 6.92 Å². The summed E-state index contributed by atoms with van der Waals surface area (Å²) < 4.78 is 4.78. The van der Waals surface area contributed by atoms with E-state index in [4.69, 9.17) is 10.00 Å². The van der Waals surface area contributed by atoms with Crippen molar-refractivity contribution in [1.82, 2.24) is 0 Å². The number of hydrogen-bond acceptors (Lipinski definition) is 4. The van der Waals surface area contributed by atoms with Gasteiger partial charge >= 0.3 is 0 Å². The number of rotatable bonds is 5. The molecule has 25 heavy (non-hydrogen) atoms. The van der Waals surface area contributed by atoms with Crippen LogP contribution in [0.15, 0.2) is 60.7 Å². The zero-order valence-electron chi connectivity index (χ0n) is 13.7. The van der Waals surface area contributed by atoms with Crippen molar-refractivity contribution < 1.29 is 14.3 Å². The molecule has 0 N–H and O–H groups in total. The summed E-state index contributed by atoms with van der Waals surface area (Å²) in [7, 11) is 0. The lowest BCUT2D eigenvalue weighted by atomic mass is 9.93. The maximum absolute atomic E-state index is 11.7. The third-order valence-electron chi connectivity index (χ3n) is 4.16. The predicted octanol–water partition coefficient (Wildman–Crippen LogP) is 3.32. The molecule has 3 rings (SSSR count). The molecule has 0 saturated heterocycles. The van der Waals surface area contributed by atoms with E-state index in [1.54, 1.807) is 30.5 Å². The number of anilines is 1. The van der Waals surface area contributed by atoms with E-state index >= 15 is 0 Å². The molecule has 124 valence electrons. The van der Waals surface area contributed by atoms with Crippen LogP contribution < -0.4 is 9.64 Å². The number of nitriles is 1. The Bertz CT molecular complexity index is 843. The van der Waals surface area contributed by atoms with Gasteiger partial charge in [-0.15, -0.1) is 5.26 Å². The zero-order chi connectivity index (χ0) is 17.8.